The van der Waals surface area contributed by atoms with Gasteiger partial charge in [-0.3, -0.25) is 9.59 Å². The van der Waals surface area contributed by atoms with Crippen LogP contribution in [0.1, 0.15) is 34.5 Å². The second-order valence-electron chi connectivity index (χ2n) is 11.0. The van der Waals surface area contributed by atoms with E-state index in [-0.39, 0.29) is 28.8 Å². The molecule has 2 aliphatic rings. The Morgan fingerprint density at radius 1 is 1.02 bits per heavy atom. The minimum atomic E-state index is -0.455. The number of nitrogens with two attached hydrogens (primary N) is 1. The molecule has 7 rings (SSSR count). The maximum absolute atomic E-state index is 14.1. The minimum Gasteiger partial charge on any atom is -0.454 e. The Bertz CT molecular complexity index is 1910. The van der Waals surface area contributed by atoms with Crippen LogP contribution >= 0.6 is 0 Å². The second kappa shape index (κ2) is 11.2. The van der Waals surface area contributed by atoms with Crippen LogP contribution in [0.25, 0.3) is 16.6 Å². The number of anilines is 3. The topological polar surface area (TPSA) is 119 Å². The van der Waals surface area contributed by atoms with Crippen LogP contribution in [0.2, 0.25) is 0 Å². The SMILES string of the molecule is Cc1cc(Oc2ccccc2F)ccc1-n1ncc(C(=O)c2cc3cc(N4CCOCC4)c(N4CCCC4=O)cc3[nH]2)c1N. The third-order valence-electron chi connectivity index (χ3n) is 8.19. The lowest BCUT2D eigenvalue weighted by Gasteiger charge is -2.32. The van der Waals surface area contributed by atoms with Gasteiger partial charge in [-0.05, 0) is 67.4 Å². The zero-order valence-electron chi connectivity index (χ0n) is 24.2. The number of rotatable bonds is 7. The number of halogens is 1. The summed E-state index contributed by atoms with van der Waals surface area (Å²) in [5.74, 6) is 0.127. The molecule has 224 valence electrons. The molecule has 2 fully saturated rings. The maximum Gasteiger partial charge on any atom is 0.227 e. The molecule has 0 spiro atoms. The molecule has 0 radical (unpaired) electrons. The molecule has 3 aromatic carbocycles. The van der Waals surface area contributed by atoms with E-state index >= 15 is 0 Å². The Morgan fingerprint density at radius 3 is 2.59 bits per heavy atom. The van der Waals surface area contributed by atoms with Gasteiger partial charge in [0.2, 0.25) is 11.7 Å². The average Bonchev–Trinajstić information content (AvgIpc) is 3.76. The quantitative estimate of drug-likeness (QED) is 0.243. The summed E-state index contributed by atoms with van der Waals surface area (Å²) < 4.78 is 26.8. The molecule has 4 heterocycles. The smallest absolute Gasteiger partial charge is 0.227 e. The third kappa shape index (κ3) is 4.94. The summed E-state index contributed by atoms with van der Waals surface area (Å²) in [5, 5.41) is 5.28. The monoisotopic (exact) mass is 594 g/mol. The van der Waals surface area contributed by atoms with Crippen LogP contribution in [-0.2, 0) is 9.53 Å². The number of carbonyl (C=O) groups is 2. The van der Waals surface area contributed by atoms with Gasteiger partial charge in [-0.1, -0.05) is 12.1 Å². The molecular weight excluding hydrogens is 563 g/mol. The average molecular weight is 595 g/mol. The lowest BCUT2D eigenvalue weighted by Crippen LogP contribution is -2.37. The molecule has 5 aromatic rings. The number of hydrogen-bond acceptors (Lipinski definition) is 7. The number of aromatic amines is 1. The molecule has 11 heteroatoms. The van der Waals surface area contributed by atoms with Crippen LogP contribution in [-0.4, -0.2) is 59.3 Å². The first-order valence-corrected chi connectivity index (χ1v) is 14.6. The highest BCUT2D eigenvalue weighted by atomic mass is 19.1. The summed E-state index contributed by atoms with van der Waals surface area (Å²) in [4.78, 5) is 33.8. The fraction of sp³-hybridized carbons (Fsp3) is 0.242. The van der Waals surface area contributed by atoms with Crippen molar-refractivity contribution in [3.63, 3.8) is 0 Å². The van der Waals surface area contributed by atoms with E-state index in [2.05, 4.69) is 15.0 Å². The zero-order chi connectivity index (χ0) is 30.4. The molecule has 10 nitrogen and oxygen atoms in total. The van der Waals surface area contributed by atoms with Crippen LogP contribution in [0.4, 0.5) is 21.6 Å². The Labute approximate surface area is 252 Å². The van der Waals surface area contributed by atoms with Gasteiger partial charge in [0.25, 0.3) is 0 Å². The molecule has 0 unspecified atom stereocenters. The summed E-state index contributed by atoms with van der Waals surface area (Å²) in [6.07, 6.45) is 2.80. The fourth-order valence-electron chi connectivity index (χ4n) is 5.91. The molecule has 2 aromatic heterocycles. The minimum absolute atomic E-state index is 0.101. The van der Waals surface area contributed by atoms with Gasteiger partial charge in [0.05, 0.1) is 47.7 Å². The van der Waals surface area contributed by atoms with Crippen molar-refractivity contribution >= 4 is 39.8 Å². The van der Waals surface area contributed by atoms with Gasteiger partial charge >= 0.3 is 0 Å². The van der Waals surface area contributed by atoms with E-state index in [1.165, 1.54) is 16.9 Å². The number of nitrogens with one attached hydrogen (secondary N) is 1. The van der Waals surface area contributed by atoms with Crippen LogP contribution in [0.15, 0.2) is 66.9 Å². The number of fused-ring (bicyclic) bond motifs is 1. The number of hydrogen-bond donors (Lipinski definition) is 2. The molecule has 1 amide bonds. The number of carbonyl (C=O) groups excluding carboxylic acids is 2. The van der Waals surface area contributed by atoms with Gasteiger partial charge in [0.1, 0.15) is 11.6 Å². The normalized spacial score (nSPS) is 15.4. The number of nitrogen functional groups attached to an aromatic ring is 1. The molecule has 44 heavy (non-hydrogen) atoms. The highest BCUT2D eigenvalue weighted by Gasteiger charge is 2.28. The molecule has 3 N–H and O–H groups in total. The van der Waals surface area contributed by atoms with Gasteiger partial charge in [0, 0.05) is 37.0 Å². The standard InChI is InChI=1S/C33H31FN6O4/c1-20-15-22(44-30-6-3-2-5-24(30)34)8-9-27(20)40-33(35)23(19-36-40)32(42)26-16-21-17-28(38-11-13-43-14-12-38)29(18-25(21)37-26)39-10-4-7-31(39)41/h2-3,5-6,8-9,15-19,37H,4,7,10-14,35H2,1H3. The summed E-state index contributed by atoms with van der Waals surface area (Å²) in [7, 11) is 0. The van der Waals surface area contributed by atoms with E-state index in [0.29, 0.717) is 43.3 Å². The zero-order valence-corrected chi connectivity index (χ0v) is 24.2. The Hall–Kier alpha value is -5.16. The van der Waals surface area contributed by atoms with Crippen LogP contribution < -0.4 is 20.3 Å². The van der Waals surface area contributed by atoms with Gasteiger partial charge in [-0.2, -0.15) is 5.10 Å². The number of aryl methyl sites for hydroxylation is 1. The molecule has 0 atom stereocenters. The van der Waals surface area contributed by atoms with Crippen LogP contribution in [0.3, 0.4) is 0 Å². The first-order valence-electron chi connectivity index (χ1n) is 14.6. The molecule has 2 aliphatic heterocycles. The molecule has 0 bridgehead atoms. The van der Waals surface area contributed by atoms with Crippen molar-refractivity contribution in [3.8, 4) is 17.2 Å². The number of morpholine rings is 1. The number of nitrogens with zero attached hydrogens (tertiary/aromatic N) is 4. The predicted molar refractivity (Wildman–Crippen MR) is 166 cm³/mol. The van der Waals surface area contributed by atoms with Crippen molar-refractivity contribution in [2.75, 3.05) is 48.4 Å². The van der Waals surface area contributed by atoms with Gasteiger partial charge < -0.3 is 30.0 Å². The summed E-state index contributed by atoms with van der Waals surface area (Å²) >= 11 is 0. The van der Waals surface area contributed by atoms with E-state index in [9.17, 15) is 14.0 Å². The Balaban J connectivity index is 1.19. The van der Waals surface area contributed by atoms with Crippen molar-refractivity contribution in [1.82, 2.24) is 14.8 Å². The Morgan fingerprint density at radius 2 is 1.84 bits per heavy atom. The van der Waals surface area contributed by atoms with Crippen molar-refractivity contribution in [3.05, 3.63) is 89.5 Å². The number of amides is 1. The van der Waals surface area contributed by atoms with E-state index < -0.39 is 5.82 Å². The summed E-state index contributed by atoms with van der Waals surface area (Å²) in [6, 6.07) is 17.2. The van der Waals surface area contributed by atoms with Crippen molar-refractivity contribution in [1.29, 1.82) is 0 Å². The number of H-pyrrole nitrogens is 1. The van der Waals surface area contributed by atoms with E-state index in [0.717, 1.165) is 47.4 Å². The van der Waals surface area contributed by atoms with Crippen LogP contribution in [0.5, 0.6) is 11.5 Å². The lowest BCUT2D eigenvalue weighted by molar-refractivity contribution is -0.117. The van der Waals surface area contributed by atoms with E-state index in [4.69, 9.17) is 15.2 Å². The molecule has 0 aliphatic carbocycles. The first-order chi connectivity index (χ1) is 21.4. The number of para-hydroxylation sites is 1. The summed E-state index contributed by atoms with van der Waals surface area (Å²) in [5.41, 5.74) is 11.1. The largest absolute Gasteiger partial charge is 0.454 e. The highest BCUT2D eigenvalue weighted by Crippen LogP contribution is 2.37. The second-order valence-corrected chi connectivity index (χ2v) is 11.0. The first kappa shape index (κ1) is 27.7. The van der Waals surface area contributed by atoms with Gasteiger partial charge in [-0.25, -0.2) is 9.07 Å². The maximum atomic E-state index is 14.1. The fourth-order valence-corrected chi connectivity index (χ4v) is 5.91. The molecule has 2 saturated heterocycles. The molecular formula is C33H31FN6O4. The van der Waals surface area contributed by atoms with Crippen molar-refractivity contribution < 1.29 is 23.5 Å². The number of ether oxygens (including phenoxy) is 2. The van der Waals surface area contributed by atoms with Crippen molar-refractivity contribution in [2.45, 2.75) is 19.8 Å². The van der Waals surface area contributed by atoms with Crippen molar-refractivity contribution in [2.24, 2.45) is 0 Å². The third-order valence-corrected chi connectivity index (χ3v) is 8.19. The number of aromatic nitrogens is 3. The predicted octanol–water partition coefficient (Wildman–Crippen LogP) is 5.37. The van der Waals surface area contributed by atoms with E-state index in [1.54, 1.807) is 36.4 Å². The summed E-state index contributed by atoms with van der Waals surface area (Å²) in [6.45, 7) is 5.21. The van der Waals surface area contributed by atoms with Crippen LogP contribution in [0, 0.1) is 12.7 Å². The van der Waals surface area contributed by atoms with Gasteiger partial charge in [0.15, 0.2) is 11.6 Å². The highest BCUT2D eigenvalue weighted by molar-refractivity contribution is 6.13. The number of benzene rings is 3. The molecule has 0 saturated carbocycles. The lowest BCUT2D eigenvalue weighted by atomic mass is 10.1. The van der Waals surface area contributed by atoms with E-state index in [1.807, 2.05) is 30.0 Å². The Kier molecular flexibility index (Phi) is 7.01. The van der Waals surface area contributed by atoms with Gasteiger partial charge in [-0.15, -0.1) is 0 Å². The number of ketones is 1.